The molecule has 0 amide bonds. The molecule has 0 bridgehead atoms. The quantitative estimate of drug-likeness (QED) is 0.885. The van der Waals surface area contributed by atoms with E-state index in [1.54, 1.807) is 0 Å². The second kappa shape index (κ2) is 7.13. The van der Waals surface area contributed by atoms with Crippen molar-refractivity contribution < 1.29 is 18.6 Å². The number of hydrogen-bond donors (Lipinski definition) is 2. The third-order valence-corrected chi connectivity index (χ3v) is 5.54. The molecule has 0 spiro atoms. The highest BCUT2D eigenvalue weighted by Gasteiger charge is 2.33. The maximum absolute atomic E-state index is 13.2. The summed E-state index contributed by atoms with van der Waals surface area (Å²) in [5.41, 5.74) is -0.109. The van der Waals surface area contributed by atoms with Crippen molar-refractivity contribution in [1.29, 1.82) is 0 Å². The lowest BCUT2D eigenvalue weighted by Crippen LogP contribution is -2.27. The fourth-order valence-electron chi connectivity index (χ4n) is 2.74. The van der Waals surface area contributed by atoms with Crippen molar-refractivity contribution in [2.24, 2.45) is 0 Å². The summed E-state index contributed by atoms with van der Waals surface area (Å²) in [6.45, 7) is 3.74. The summed E-state index contributed by atoms with van der Waals surface area (Å²) in [5, 5.41) is 14.9. The first-order valence-electron chi connectivity index (χ1n) is 7.96. The van der Waals surface area contributed by atoms with Crippen LogP contribution in [0.25, 0.3) is 0 Å². The van der Waals surface area contributed by atoms with E-state index in [4.69, 9.17) is 4.74 Å². The maximum atomic E-state index is 13.2. The zero-order chi connectivity index (χ0) is 17.2. The molecule has 0 radical (unpaired) electrons. The molecule has 24 heavy (non-hydrogen) atoms. The summed E-state index contributed by atoms with van der Waals surface area (Å²) in [7, 11) is 0. The van der Waals surface area contributed by atoms with Crippen molar-refractivity contribution >= 4 is 11.3 Å². The van der Waals surface area contributed by atoms with E-state index >= 15 is 0 Å². The molecule has 2 aromatic rings. The Bertz CT molecular complexity index is 713. The molecule has 7 heteroatoms. The van der Waals surface area contributed by atoms with Crippen LogP contribution in [0.3, 0.4) is 0 Å². The van der Waals surface area contributed by atoms with Crippen molar-refractivity contribution in [3.8, 4) is 5.75 Å². The van der Waals surface area contributed by atoms with Crippen LogP contribution >= 0.6 is 11.3 Å². The van der Waals surface area contributed by atoms with Crippen molar-refractivity contribution in [1.82, 2.24) is 10.3 Å². The lowest BCUT2D eigenvalue weighted by Gasteiger charge is -2.23. The molecule has 4 nitrogen and oxygen atoms in total. The van der Waals surface area contributed by atoms with Gasteiger partial charge in [-0.2, -0.15) is 0 Å². The van der Waals surface area contributed by atoms with Crippen LogP contribution in [0.1, 0.15) is 34.8 Å². The lowest BCUT2D eigenvalue weighted by molar-refractivity contribution is 0.0237. The predicted molar refractivity (Wildman–Crippen MR) is 88.2 cm³/mol. The Morgan fingerprint density at radius 3 is 2.92 bits per heavy atom. The van der Waals surface area contributed by atoms with E-state index in [9.17, 15) is 13.9 Å². The number of aromatic nitrogens is 1. The molecule has 0 saturated carbocycles. The van der Waals surface area contributed by atoms with E-state index in [-0.39, 0.29) is 12.4 Å². The van der Waals surface area contributed by atoms with Crippen LogP contribution < -0.4 is 10.1 Å². The van der Waals surface area contributed by atoms with Crippen molar-refractivity contribution in [3.63, 3.8) is 0 Å². The molecular formula is C17H20F2N2O2S. The molecular weight excluding hydrogens is 334 g/mol. The van der Waals surface area contributed by atoms with Crippen LogP contribution in [-0.4, -0.2) is 23.2 Å². The molecule has 130 valence electrons. The van der Waals surface area contributed by atoms with E-state index < -0.39 is 17.2 Å². The average molecular weight is 354 g/mol. The van der Waals surface area contributed by atoms with Gasteiger partial charge in [-0.05, 0) is 51.4 Å². The number of hydrogen-bond acceptors (Lipinski definition) is 5. The number of aryl methyl sites for hydroxylation is 1. The maximum Gasteiger partial charge on any atom is 0.162 e. The molecule has 2 heterocycles. The van der Waals surface area contributed by atoms with Gasteiger partial charge < -0.3 is 15.2 Å². The summed E-state index contributed by atoms with van der Waals surface area (Å²) in [5.74, 6) is -1.57. The number of thiazole rings is 1. The van der Waals surface area contributed by atoms with Crippen LogP contribution in [0.5, 0.6) is 5.75 Å². The SMILES string of the molecule is Cc1nc([C@]2(O)CCCNCC2)sc1COc1ccc(F)c(F)c1. The number of nitrogens with one attached hydrogen (secondary N) is 1. The van der Waals surface area contributed by atoms with E-state index in [1.807, 2.05) is 6.92 Å². The van der Waals surface area contributed by atoms with Gasteiger partial charge in [0.15, 0.2) is 11.6 Å². The third kappa shape index (κ3) is 3.74. The van der Waals surface area contributed by atoms with Gasteiger partial charge in [-0.15, -0.1) is 11.3 Å². The summed E-state index contributed by atoms with van der Waals surface area (Å²) in [6, 6.07) is 3.45. The number of nitrogens with zero attached hydrogens (tertiary/aromatic N) is 1. The van der Waals surface area contributed by atoms with Crippen LogP contribution in [0.2, 0.25) is 0 Å². The minimum Gasteiger partial charge on any atom is -0.488 e. The number of ether oxygens (including phenoxy) is 1. The molecule has 1 fully saturated rings. The molecule has 1 aromatic carbocycles. The van der Waals surface area contributed by atoms with Crippen LogP contribution in [0.4, 0.5) is 8.78 Å². The van der Waals surface area contributed by atoms with E-state index in [0.717, 1.165) is 42.2 Å². The molecule has 0 aliphatic carbocycles. The van der Waals surface area contributed by atoms with Gasteiger partial charge in [-0.3, -0.25) is 0 Å². The van der Waals surface area contributed by atoms with Crippen molar-refractivity contribution in [2.45, 2.75) is 38.4 Å². The van der Waals surface area contributed by atoms with E-state index in [0.29, 0.717) is 17.8 Å². The smallest absolute Gasteiger partial charge is 0.162 e. The summed E-state index contributed by atoms with van der Waals surface area (Å²) in [6.07, 6.45) is 2.20. The molecule has 2 N–H and O–H groups in total. The van der Waals surface area contributed by atoms with Gasteiger partial charge in [-0.1, -0.05) is 0 Å². The highest BCUT2D eigenvalue weighted by atomic mass is 32.1. The monoisotopic (exact) mass is 354 g/mol. The van der Waals surface area contributed by atoms with Crippen molar-refractivity contribution in [2.75, 3.05) is 13.1 Å². The summed E-state index contributed by atoms with van der Waals surface area (Å²) >= 11 is 1.42. The lowest BCUT2D eigenvalue weighted by atomic mass is 9.96. The van der Waals surface area contributed by atoms with Gasteiger partial charge in [0.05, 0.1) is 10.6 Å². The van der Waals surface area contributed by atoms with Gasteiger partial charge in [-0.25, -0.2) is 13.8 Å². The Morgan fingerprint density at radius 2 is 2.12 bits per heavy atom. The first kappa shape index (κ1) is 17.3. The Morgan fingerprint density at radius 1 is 1.29 bits per heavy atom. The van der Waals surface area contributed by atoms with Gasteiger partial charge in [0, 0.05) is 6.07 Å². The highest BCUT2D eigenvalue weighted by molar-refractivity contribution is 7.11. The largest absolute Gasteiger partial charge is 0.488 e. The average Bonchev–Trinajstić information content (AvgIpc) is 2.78. The van der Waals surface area contributed by atoms with E-state index in [2.05, 4.69) is 10.3 Å². The Kier molecular flexibility index (Phi) is 5.12. The molecule has 1 aliphatic rings. The Hall–Kier alpha value is -1.57. The number of aliphatic hydroxyl groups is 1. The minimum absolute atomic E-state index is 0.211. The number of halogens is 2. The van der Waals surface area contributed by atoms with Gasteiger partial charge in [0.25, 0.3) is 0 Å². The van der Waals surface area contributed by atoms with Gasteiger partial charge >= 0.3 is 0 Å². The van der Waals surface area contributed by atoms with E-state index in [1.165, 1.54) is 17.4 Å². The standard InChI is InChI=1S/C17H20F2N2O2S/c1-11-15(10-23-12-3-4-13(18)14(19)9-12)24-16(21-11)17(22)5-2-7-20-8-6-17/h3-4,9,20,22H,2,5-8,10H2,1H3/t17-/m0/s1. The molecule has 1 aromatic heterocycles. The Labute approximate surface area is 143 Å². The zero-order valence-electron chi connectivity index (χ0n) is 13.4. The molecule has 1 atom stereocenters. The first-order chi connectivity index (χ1) is 11.5. The fraction of sp³-hybridized carbons (Fsp3) is 0.471. The molecule has 1 aliphatic heterocycles. The summed E-state index contributed by atoms with van der Waals surface area (Å²) in [4.78, 5) is 5.39. The second-order valence-corrected chi connectivity index (χ2v) is 7.11. The predicted octanol–water partition coefficient (Wildman–Crippen LogP) is 3.27. The topological polar surface area (TPSA) is 54.4 Å². The normalized spacial score (nSPS) is 21.5. The minimum atomic E-state index is -0.936. The van der Waals surface area contributed by atoms with Crippen molar-refractivity contribution in [3.05, 3.63) is 45.4 Å². The molecule has 3 rings (SSSR count). The molecule has 1 saturated heterocycles. The Balaban J connectivity index is 1.72. The van der Waals surface area contributed by atoms with Crippen LogP contribution in [-0.2, 0) is 12.2 Å². The second-order valence-electron chi connectivity index (χ2n) is 6.03. The fourth-order valence-corrected chi connectivity index (χ4v) is 3.86. The zero-order valence-corrected chi connectivity index (χ0v) is 14.3. The first-order valence-corrected chi connectivity index (χ1v) is 8.77. The van der Waals surface area contributed by atoms with Crippen LogP contribution in [0, 0.1) is 18.6 Å². The molecule has 0 unspecified atom stereocenters. The third-order valence-electron chi connectivity index (χ3n) is 4.21. The van der Waals surface area contributed by atoms with Gasteiger partial charge in [0.1, 0.15) is 23.0 Å². The number of benzene rings is 1. The van der Waals surface area contributed by atoms with Crippen LogP contribution in [0.15, 0.2) is 18.2 Å². The van der Waals surface area contributed by atoms with Gasteiger partial charge in [0.2, 0.25) is 0 Å². The number of rotatable bonds is 4. The highest BCUT2D eigenvalue weighted by Crippen LogP contribution is 2.35. The summed E-state index contributed by atoms with van der Waals surface area (Å²) < 4.78 is 31.7.